The van der Waals surface area contributed by atoms with Gasteiger partial charge in [-0.1, -0.05) is 20.8 Å². The summed E-state index contributed by atoms with van der Waals surface area (Å²) in [7, 11) is 6.49. The van der Waals surface area contributed by atoms with Crippen molar-refractivity contribution in [3.05, 3.63) is 0 Å². The third-order valence-electron chi connectivity index (χ3n) is 3.44. The Balaban J connectivity index is 3.81. The molecule has 0 aromatic heterocycles. The molecule has 0 bridgehead atoms. The number of rotatable bonds is 9. The van der Waals surface area contributed by atoms with Gasteiger partial charge >= 0.3 is 0 Å². The van der Waals surface area contributed by atoms with Crippen LogP contribution in [0.3, 0.4) is 0 Å². The van der Waals surface area contributed by atoms with E-state index in [0.717, 1.165) is 32.1 Å². The van der Waals surface area contributed by atoms with Crippen LogP contribution >= 0.6 is 0 Å². The van der Waals surface area contributed by atoms with Crippen molar-refractivity contribution in [3.8, 4) is 0 Å². The first-order valence-corrected chi connectivity index (χ1v) is 6.90. The first-order valence-electron chi connectivity index (χ1n) is 6.90. The lowest BCUT2D eigenvalue weighted by Crippen LogP contribution is -2.42. The van der Waals surface area contributed by atoms with Gasteiger partial charge < -0.3 is 15.1 Å². The zero-order valence-electron chi connectivity index (χ0n) is 13.0. The van der Waals surface area contributed by atoms with Gasteiger partial charge in [-0.2, -0.15) is 0 Å². The van der Waals surface area contributed by atoms with Gasteiger partial charge in [-0.05, 0) is 53.0 Å². The van der Waals surface area contributed by atoms with E-state index in [4.69, 9.17) is 0 Å². The van der Waals surface area contributed by atoms with Crippen LogP contribution in [0.2, 0.25) is 0 Å². The first kappa shape index (κ1) is 16.9. The van der Waals surface area contributed by atoms with Gasteiger partial charge in [-0.25, -0.2) is 0 Å². The lowest BCUT2D eigenvalue weighted by atomic mass is 10.0. The Morgan fingerprint density at radius 3 is 1.94 bits per heavy atom. The average molecular weight is 243 g/mol. The third-order valence-corrected chi connectivity index (χ3v) is 3.44. The van der Waals surface area contributed by atoms with Gasteiger partial charge in [0.15, 0.2) is 0 Å². The third kappa shape index (κ3) is 8.58. The van der Waals surface area contributed by atoms with E-state index in [2.05, 4.69) is 64.0 Å². The lowest BCUT2D eigenvalue weighted by Gasteiger charge is -2.31. The molecule has 0 aromatic rings. The van der Waals surface area contributed by atoms with E-state index in [1.54, 1.807) is 0 Å². The fourth-order valence-electron chi connectivity index (χ4n) is 1.77. The fourth-order valence-corrected chi connectivity index (χ4v) is 1.77. The minimum atomic E-state index is 0.634. The summed E-state index contributed by atoms with van der Waals surface area (Å²) in [6.07, 6.45) is 0. The molecule has 0 aliphatic heterocycles. The second-order valence-corrected chi connectivity index (χ2v) is 6.05. The highest BCUT2D eigenvalue weighted by Gasteiger charge is 2.16. The highest BCUT2D eigenvalue weighted by Crippen LogP contribution is 2.08. The smallest absolute Gasteiger partial charge is 0.0109 e. The fraction of sp³-hybridized carbons (Fsp3) is 1.00. The van der Waals surface area contributed by atoms with Gasteiger partial charge in [-0.3, -0.25) is 0 Å². The molecule has 104 valence electrons. The molecule has 0 aliphatic rings. The zero-order valence-corrected chi connectivity index (χ0v) is 13.0. The summed E-state index contributed by atoms with van der Waals surface area (Å²) in [5.74, 6) is 1.44. The van der Waals surface area contributed by atoms with E-state index in [9.17, 15) is 0 Å². The standard InChI is InChI=1S/C14H33N3/c1-12(2)10-15-11-13(3)14(4)17(7)9-8-16(5)6/h12-15H,8-11H2,1-7H3. The van der Waals surface area contributed by atoms with Crippen molar-refractivity contribution < 1.29 is 0 Å². The first-order chi connectivity index (χ1) is 7.84. The SMILES string of the molecule is CC(C)CNCC(C)C(C)N(C)CCN(C)C. The van der Waals surface area contributed by atoms with E-state index < -0.39 is 0 Å². The van der Waals surface area contributed by atoms with Crippen molar-refractivity contribution >= 4 is 0 Å². The molecule has 0 saturated carbocycles. The van der Waals surface area contributed by atoms with E-state index >= 15 is 0 Å². The van der Waals surface area contributed by atoms with E-state index in [1.165, 1.54) is 0 Å². The summed E-state index contributed by atoms with van der Waals surface area (Å²) < 4.78 is 0. The molecule has 2 unspecified atom stereocenters. The molecule has 0 heterocycles. The second kappa shape index (κ2) is 8.90. The van der Waals surface area contributed by atoms with Crippen molar-refractivity contribution in [2.45, 2.75) is 33.7 Å². The molecule has 1 N–H and O–H groups in total. The van der Waals surface area contributed by atoms with Gasteiger partial charge in [0.2, 0.25) is 0 Å². The molecule has 17 heavy (non-hydrogen) atoms. The Hall–Kier alpha value is -0.120. The molecule has 0 saturated heterocycles. The molecule has 0 aromatic carbocycles. The molecular formula is C14H33N3. The highest BCUT2D eigenvalue weighted by molar-refractivity contribution is 4.73. The number of likely N-dealkylation sites (N-methyl/N-ethyl adjacent to an activating group) is 2. The molecule has 0 rings (SSSR count). The molecule has 0 fully saturated rings. The minimum absolute atomic E-state index is 0.634. The van der Waals surface area contributed by atoms with Gasteiger partial charge in [-0.15, -0.1) is 0 Å². The maximum atomic E-state index is 3.55. The largest absolute Gasteiger partial charge is 0.316 e. The predicted octanol–water partition coefficient (Wildman–Crippen LogP) is 1.75. The maximum Gasteiger partial charge on any atom is 0.0109 e. The van der Waals surface area contributed by atoms with Crippen LogP contribution in [-0.2, 0) is 0 Å². The summed E-state index contributed by atoms with van der Waals surface area (Å²) in [6, 6.07) is 0.634. The van der Waals surface area contributed by atoms with Crippen LogP contribution in [0.15, 0.2) is 0 Å². The quantitative estimate of drug-likeness (QED) is 0.665. The predicted molar refractivity (Wildman–Crippen MR) is 77.5 cm³/mol. The van der Waals surface area contributed by atoms with Crippen molar-refractivity contribution in [3.63, 3.8) is 0 Å². The van der Waals surface area contributed by atoms with Crippen LogP contribution in [-0.4, -0.2) is 63.2 Å². The topological polar surface area (TPSA) is 18.5 Å². The molecule has 3 nitrogen and oxygen atoms in total. The molecule has 0 aliphatic carbocycles. The summed E-state index contributed by atoms with van der Waals surface area (Å²) in [4.78, 5) is 4.70. The van der Waals surface area contributed by atoms with Crippen LogP contribution in [0.1, 0.15) is 27.7 Å². The van der Waals surface area contributed by atoms with E-state index in [-0.39, 0.29) is 0 Å². The van der Waals surface area contributed by atoms with E-state index in [1.807, 2.05) is 0 Å². The van der Waals surface area contributed by atoms with Crippen LogP contribution in [0.5, 0.6) is 0 Å². The number of nitrogens with zero attached hydrogens (tertiary/aromatic N) is 2. The van der Waals surface area contributed by atoms with Crippen molar-refractivity contribution in [2.75, 3.05) is 47.3 Å². The Bertz CT molecular complexity index is 180. The second-order valence-electron chi connectivity index (χ2n) is 6.05. The number of hydrogen-bond donors (Lipinski definition) is 1. The van der Waals surface area contributed by atoms with E-state index in [0.29, 0.717) is 12.0 Å². The lowest BCUT2D eigenvalue weighted by molar-refractivity contribution is 0.180. The highest BCUT2D eigenvalue weighted by atomic mass is 15.2. The van der Waals surface area contributed by atoms with Crippen LogP contribution < -0.4 is 5.32 Å². The Morgan fingerprint density at radius 1 is 0.882 bits per heavy atom. The minimum Gasteiger partial charge on any atom is -0.316 e. The molecule has 2 atom stereocenters. The van der Waals surface area contributed by atoms with Crippen molar-refractivity contribution in [2.24, 2.45) is 11.8 Å². The summed E-state index contributed by atoms with van der Waals surface area (Å²) in [6.45, 7) is 13.7. The van der Waals surface area contributed by atoms with Crippen molar-refractivity contribution in [1.82, 2.24) is 15.1 Å². The maximum absolute atomic E-state index is 3.55. The molecular weight excluding hydrogens is 210 g/mol. The monoisotopic (exact) mass is 243 g/mol. The van der Waals surface area contributed by atoms with Gasteiger partial charge in [0.05, 0.1) is 0 Å². The zero-order chi connectivity index (χ0) is 13.4. The summed E-state index contributed by atoms with van der Waals surface area (Å²) in [5, 5.41) is 3.55. The van der Waals surface area contributed by atoms with Crippen LogP contribution in [0.4, 0.5) is 0 Å². The summed E-state index contributed by atoms with van der Waals surface area (Å²) >= 11 is 0. The number of hydrogen-bond acceptors (Lipinski definition) is 3. The molecule has 0 amide bonds. The molecule has 0 radical (unpaired) electrons. The average Bonchev–Trinajstić information content (AvgIpc) is 2.24. The molecule has 3 heteroatoms. The van der Waals surface area contributed by atoms with Crippen LogP contribution in [0.25, 0.3) is 0 Å². The normalized spacial score (nSPS) is 15.9. The molecule has 0 spiro atoms. The van der Waals surface area contributed by atoms with Gasteiger partial charge in [0, 0.05) is 19.1 Å². The van der Waals surface area contributed by atoms with Gasteiger partial charge in [0.25, 0.3) is 0 Å². The summed E-state index contributed by atoms with van der Waals surface area (Å²) in [5.41, 5.74) is 0. The Kier molecular flexibility index (Phi) is 8.83. The van der Waals surface area contributed by atoms with Gasteiger partial charge in [0.1, 0.15) is 0 Å². The number of nitrogens with one attached hydrogen (secondary N) is 1. The Morgan fingerprint density at radius 2 is 1.47 bits per heavy atom. The van der Waals surface area contributed by atoms with Crippen LogP contribution in [0, 0.1) is 11.8 Å². The Labute approximate surface area is 109 Å². The van der Waals surface area contributed by atoms with Crippen molar-refractivity contribution in [1.29, 1.82) is 0 Å².